The number of phenols is 1. The van der Waals surface area contributed by atoms with Crippen molar-refractivity contribution in [1.29, 1.82) is 0 Å². The summed E-state index contributed by atoms with van der Waals surface area (Å²) in [6, 6.07) is 10.0. The zero-order valence-electron chi connectivity index (χ0n) is 25.5. The number of unbranched alkanes of at least 4 members (excludes halogenated alkanes) is 1. The normalized spacial score (nSPS) is 11.4. The molecule has 0 saturated heterocycles. The molecule has 0 aliphatic carbocycles. The zero-order valence-corrected chi connectivity index (χ0v) is 26.2. The minimum Gasteiger partial charge on any atom is -0.507 e. The van der Waals surface area contributed by atoms with Gasteiger partial charge in [0.25, 0.3) is 0 Å². The third kappa shape index (κ3) is 8.69. The van der Waals surface area contributed by atoms with E-state index in [0.29, 0.717) is 40.4 Å². The van der Waals surface area contributed by atoms with Gasteiger partial charge in [0.2, 0.25) is 6.41 Å². The minimum absolute atomic E-state index is 0.0710. The minimum atomic E-state index is -0.494. The molecule has 2 N–H and O–H groups in total. The number of rotatable bonds is 15. The molecule has 0 radical (unpaired) electrons. The van der Waals surface area contributed by atoms with Crippen LogP contribution in [0.2, 0.25) is 5.02 Å². The van der Waals surface area contributed by atoms with Crippen LogP contribution in [0.4, 0.5) is 15.8 Å². The lowest BCUT2D eigenvalue weighted by atomic mass is 9.97. The number of aromatic nitrogens is 1. The SMILES string of the molecule is CCCN(CCCCNC(C)C)c1cc(-c2cc(F)cc(-c3ccc(N(C=O)/C=C\N(C)C)c(Cl)c3)c2O)cnc1C. The van der Waals surface area contributed by atoms with E-state index in [0.717, 1.165) is 50.3 Å². The van der Waals surface area contributed by atoms with Crippen molar-refractivity contribution >= 4 is 29.4 Å². The second kappa shape index (κ2) is 15.6. The van der Waals surface area contributed by atoms with Crippen LogP contribution in [0.25, 0.3) is 22.3 Å². The lowest BCUT2D eigenvalue weighted by Gasteiger charge is -2.26. The van der Waals surface area contributed by atoms with Crippen molar-refractivity contribution in [3.63, 3.8) is 0 Å². The van der Waals surface area contributed by atoms with Crippen LogP contribution in [-0.2, 0) is 4.79 Å². The molecule has 9 heteroatoms. The van der Waals surface area contributed by atoms with E-state index in [1.54, 1.807) is 41.7 Å². The molecule has 1 heterocycles. The van der Waals surface area contributed by atoms with Gasteiger partial charge in [-0.1, -0.05) is 38.4 Å². The molecule has 1 amide bonds. The molecule has 0 aliphatic rings. The maximum Gasteiger partial charge on any atom is 0.218 e. The van der Waals surface area contributed by atoms with Crippen molar-refractivity contribution in [2.24, 2.45) is 0 Å². The Bertz CT molecular complexity index is 1380. The molecule has 226 valence electrons. The average Bonchev–Trinajstić information content (AvgIpc) is 2.94. The summed E-state index contributed by atoms with van der Waals surface area (Å²) in [5, 5.41) is 15.1. The van der Waals surface area contributed by atoms with Gasteiger partial charge in [0.15, 0.2) is 0 Å². The Labute approximate surface area is 254 Å². The van der Waals surface area contributed by atoms with Crippen molar-refractivity contribution in [1.82, 2.24) is 15.2 Å². The largest absolute Gasteiger partial charge is 0.507 e. The lowest BCUT2D eigenvalue weighted by Crippen LogP contribution is -2.28. The first-order valence-corrected chi connectivity index (χ1v) is 14.8. The maximum atomic E-state index is 15.0. The molecule has 7 nitrogen and oxygen atoms in total. The Hall–Kier alpha value is -3.62. The summed E-state index contributed by atoms with van der Waals surface area (Å²) in [5.74, 6) is -0.565. The van der Waals surface area contributed by atoms with Crippen LogP contribution in [0.15, 0.2) is 55.0 Å². The zero-order chi connectivity index (χ0) is 30.8. The molecule has 0 saturated carbocycles. The fourth-order valence-electron chi connectivity index (χ4n) is 4.73. The third-order valence-corrected chi connectivity index (χ3v) is 7.17. The molecule has 0 aliphatic heterocycles. The van der Waals surface area contributed by atoms with Gasteiger partial charge in [-0.3, -0.25) is 14.7 Å². The fourth-order valence-corrected chi connectivity index (χ4v) is 5.01. The van der Waals surface area contributed by atoms with Gasteiger partial charge in [-0.05, 0) is 68.6 Å². The number of anilines is 2. The number of hydrogen-bond donors (Lipinski definition) is 2. The smallest absolute Gasteiger partial charge is 0.218 e. The third-order valence-electron chi connectivity index (χ3n) is 6.86. The molecule has 0 fully saturated rings. The fraction of sp³-hybridized carbons (Fsp3) is 0.394. The summed E-state index contributed by atoms with van der Waals surface area (Å²) in [6.07, 6.45) is 8.72. The monoisotopic (exact) mass is 595 g/mol. The standard InChI is InChI=1S/C33H43ClFN5O2/c1-7-13-39(14-9-8-12-36-23(2)3)32-18-26(21-37-24(32)4)29-20-27(35)19-28(33(29)42)25-10-11-31(30(34)17-25)40(22-41)16-15-38(5)6/h10-11,15-23,36,42H,7-9,12-14H2,1-6H3/b16-15-. The summed E-state index contributed by atoms with van der Waals surface area (Å²) in [4.78, 5) is 21.8. The number of aromatic hydroxyl groups is 1. The number of pyridine rings is 1. The Morgan fingerprint density at radius 2 is 1.74 bits per heavy atom. The maximum absolute atomic E-state index is 15.0. The molecule has 3 aromatic rings. The van der Waals surface area contributed by atoms with Gasteiger partial charge in [-0.2, -0.15) is 0 Å². The number of carbonyl (C=O) groups is 1. The van der Waals surface area contributed by atoms with Gasteiger partial charge in [0.1, 0.15) is 11.6 Å². The first-order valence-electron chi connectivity index (χ1n) is 14.4. The van der Waals surface area contributed by atoms with Gasteiger partial charge >= 0.3 is 0 Å². The number of phenolic OH excluding ortho intramolecular Hbond substituents is 1. The van der Waals surface area contributed by atoms with Crippen molar-refractivity contribution < 1.29 is 14.3 Å². The van der Waals surface area contributed by atoms with E-state index in [1.165, 1.54) is 17.0 Å². The van der Waals surface area contributed by atoms with Gasteiger partial charge in [-0.15, -0.1) is 0 Å². The summed E-state index contributed by atoms with van der Waals surface area (Å²) >= 11 is 6.55. The molecule has 3 rings (SSSR count). The highest BCUT2D eigenvalue weighted by Crippen LogP contribution is 2.42. The van der Waals surface area contributed by atoms with Crippen LogP contribution in [-0.4, -0.2) is 61.2 Å². The summed E-state index contributed by atoms with van der Waals surface area (Å²) in [7, 11) is 3.68. The second-order valence-electron chi connectivity index (χ2n) is 10.9. The predicted molar refractivity (Wildman–Crippen MR) is 173 cm³/mol. The van der Waals surface area contributed by atoms with Crippen LogP contribution >= 0.6 is 11.6 Å². The second-order valence-corrected chi connectivity index (χ2v) is 11.3. The van der Waals surface area contributed by atoms with Crippen LogP contribution in [0.3, 0.4) is 0 Å². The van der Waals surface area contributed by atoms with Crippen molar-refractivity contribution in [2.75, 3.05) is 43.5 Å². The van der Waals surface area contributed by atoms with E-state index in [2.05, 4.69) is 36.0 Å². The van der Waals surface area contributed by atoms with Crippen LogP contribution < -0.4 is 15.1 Å². The first kappa shape index (κ1) is 32.9. The number of nitrogens with one attached hydrogen (secondary N) is 1. The van der Waals surface area contributed by atoms with Crippen LogP contribution in [0, 0.1) is 12.7 Å². The van der Waals surface area contributed by atoms with Gasteiger partial charge in [0, 0.05) is 68.5 Å². The highest BCUT2D eigenvalue weighted by molar-refractivity contribution is 6.34. The molecular weight excluding hydrogens is 553 g/mol. The molecule has 42 heavy (non-hydrogen) atoms. The Kier molecular flexibility index (Phi) is 12.2. The van der Waals surface area contributed by atoms with E-state index in [1.807, 2.05) is 27.1 Å². The molecule has 0 spiro atoms. The number of halogens is 2. The van der Waals surface area contributed by atoms with Crippen LogP contribution in [0.5, 0.6) is 5.75 Å². The highest BCUT2D eigenvalue weighted by Gasteiger charge is 2.18. The molecule has 0 unspecified atom stereocenters. The van der Waals surface area contributed by atoms with Crippen molar-refractivity contribution in [2.45, 2.75) is 53.0 Å². The van der Waals surface area contributed by atoms with Gasteiger partial charge in [-0.25, -0.2) is 4.39 Å². The van der Waals surface area contributed by atoms with E-state index >= 15 is 4.39 Å². The number of amides is 1. The number of aryl methyl sites for hydroxylation is 1. The average molecular weight is 596 g/mol. The number of carbonyl (C=O) groups excluding carboxylic acids is 1. The Morgan fingerprint density at radius 1 is 1.02 bits per heavy atom. The van der Waals surface area contributed by atoms with Crippen molar-refractivity contribution in [3.8, 4) is 28.0 Å². The van der Waals surface area contributed by atoms with Crippen LogP contribution in [0.1, 0.15) is 45.7 Å². The van der Waals surface area contributed by atoms with E-state index < -0.39 is 5.82 Å². The number of nitrogens with zero attached hydrogens (tertiary/aromatic N) is 4. The molecular formula is C33H43ClFN5O2. The lowest BCUT2D eigenvalue weighted by molar-refractivity contribution is -0.106. The molecule has 0 bridgehead atoms. The number of benzene rings is 2. The summed E-state index contributed by atoms with van der Waals surface area (Å²) < 4.78 is 15.0. The Morgan fingerprint density at radius 3 is 2.36 bits per heavy atom. The highest BCUT2D eigenvalue weighted by atomic mass is 35.5. The Balaban J connectivity index is 1.96. The molecule has 0 atom stereocenters. The first-order chi connectivity index (χ1) is 20.0. The predicted octanol–water partition coefficient (Wildman–Crippen LogP) is 7.21. The van der Waals surface area contributed by atoms with Gasteiger partial charge in [0.05, 0.1) is 22.1 Å². The van der Waals surface area contributed by atoms with E-state index in [-0.39, 0.29) is 10.8 Å². The summed E-state index contributed by atoms with van der Waals surface area (Å²) in [6.45, 7) is 11.1. The quantitative estimate of drug-likeness (QED) is 0.143. The van der Waals surface area contributed by atoms with Gasteiger partial charge < -0.3 is 20.2 Å². The van der Waals surface area contributed by atoms with E-state index in [9.17, 15) is 9.90 Å². The summed E-state index contributed by atoms with van der Waals surface area (Å²) in [5.41, 5.74) is 4.11. The topological polar surface area (TPSA) is 71.9 Å². The number of hydrogen-bond acceptors (Lipinski definition) is 6. The molecule has 1 aromatic heterocycles. The van der Waals surface area contributed by atoms with Crippen molar-refractivity contribution in [3.05, 3.63) is 71.5 Å². The molecule has 2 aromatic carbocycles. The van der Waals surface area contributed by atoms with E-state index in [4.69, 9.17) is 11.6 Å².